The molecule has 1 aliphatic rings. The summed E-state index contributed by atoms with van der Waals surface area (Å²) in [4.78, 5) is 13.7. The maximum Gasteiger partial charge on any atom is 0.260 e. The van der Waals surface area contributed by atoms with E-state index in [9.17, 15) is 9.18 Å². The molecule has 1 heterocycles. The average molecular weight is 275 g/mol. The highest BCUT2D eigenvalue weighted by Crippen LogP contribution is 2.24. The van der Waals surface area contributed by atoms with E-state index >= 15 is 0 Å². The van der Waals surface area contributed by atoms with Gasteiger partial charge in [0.1, 0.15) is 17.1 Å². The van der Waals surface area contributed by atoms with Crippen molar-refractivity contribution in [2.75, 3.05) is 20.2 Å². The standard InChI is InChI=1S/C12H15FN2O2.ClH/c1-17-10-4-2-3-9(13)11(10)12(16)15-6-5-8(14)7-15;/h2-4,8H,5-7,14H2,1H3;1H/t8-;/m1./s1. The van der Waals surface area contributed by atoms with Crippen molar-refractivity contribution in [2.45, 2.75) is 12.5 Å². The fraction of sp³-hybridized carbons (Fsp3) is 0.417. The highest BCUT2D eigenvalue weighted by molar-refractivity contribution is 5.97. The van der Waals surface area contributed by atoms with Crippen molar-refractivity contribution in [1.82, 2.24) is 4.90 Å². The fourth-order valence-electron chi connectivity index (χ4n) is 2.01. The number of likely N-dealkylation sites (tertiary alicyclic amines) is 1. The van der Waals surface area contributed by atoms with E-state index in [1.54, 1.807) is 11.0 Å². The predicted molar refractivity (Wildman–Crippen MR) is 68.7 cm³/mol. The molecule has 0 unspecified atom stereocenters. The molecule has 0 aromatic heterocycles. The smallest absolute Gasteiger partial charge is 0.260 e. The van der Waals surface area contributed by atoms with Crippen LogP contribution in [0.2, 0.25) is 0 Å². The van der Waals surface area contributed by atoms with Gasteiger partial charge in [-0.15, -0.1) is 12.4 Å². The summed E-state index contributed by atoms with van der Waals surface area (Å²) in [5.41, 5.74) is 5.72. The zero-order valence-corrected chi connectivity index (χ0v) is 10.9. The second-order valence-electron chi connectivity index (χ2n) is 4.12. The first-order valence-corrected chi connectivity index (χ1v) is 5.51. The minimum Gasteiger partial charge on any atom is -0.496 e. The lowest BCUT2D eigenvalue weighted by atomic mass is 10.1. The van der Waals surface area contributed by atoms with Crippen LogP contribution in [0.4, 0.5) is 4.39 Å². The number of nitrogens with zero attached hydrogens (tertiary/aromatic N) is 1. The molecule has 4 nitrogen and oxygen atoms in total. The van der Waals surface area contributed by atoms with E-state index in [0.717, 1.165) is 6.42 Å². The van der Waals surface area contributed by atoms with Crippen molar-refractivity contribution < 1.29 is 13.9 Å². The molecule has 0 radical (unpaired) electrons. The number of hydrogen-bond acceptors (Lipinski definition) is 3. The minimum absolute atomic E-state index is 0. The quantitative estimate of drug-likeness (QED) is 0.888. The summed E-state index contributed by atoms with van der Waals surface area (Å²) in [5, 5.41) is 0. The van der Waals surface area contributed by atoms with Crippen molar-refractivity contribution in [2.24, 2.45) is 5.73 Å². The summed E-state index contributed by atoms with van der Waals surface area (Å²) in [6, 6.07) is 4.33. The molecule has 2 N–H and O–H groups in total. The fourth-order valence-corrected chi connectivity index (χ4v) is 2.01. The van der Waals surface area contributed by atoms with E-state index in [1.807, 2.05) is 0 Å². The lowest BCUT2D eigenvalue weighted by molar-refractivity contribution is 0.0782. The second kappa shape index (κ2) is 6.02. The van der Waals surface area contributed by atoms with Gasteiger partial charge < -0.3 is 15.4 Å². The number of nitrogens with two attached hydrogens (primary N) is 1. The average Bonchev–Trinajstić information content (AvgIpc) is 2.74. The van der Waals surface area contributed by atoms with Gasteiger partial charge in [-0.1, -0.05) is 6.07 Å². The lowest BCUT2D eigenvalue weighted by Crippen LogP contribution is -2.32. The molecule has 0 aliphatic carbocycles. The van der Waals surface area contributed by atoms with Crippen LogP contribution >= 0.6 is 12.4 Å². The zero-order valence-electron chi connectivity index (χ0n) is 10.1. The number of carbonyl (C=O) groups excluding carboxylic acids is 1. The van der Waals surface area contributed by atoms with Gasteiger partial charge in [-0.25, -0.2) is 4.39 Å². The molecule has 0 spiro atoms. The van der Waals surface area contributed by atoms with Crippen LogP contribution in [0, 0.1) is 5.82 Å². The predicted octanol–water partition coefficient (Wildman–Crippen LogP) is 1.43. The van der Waals surface area contributed by atoms with Crippen molar-refractivity contribution in [1.29, 1.82) is 0 Å². The SMILES string of the molecule is COc1cccc(F)c1C(=O)N1CC[C@@H](N)C1.Cl. The number of hydrogen-bond donors (Lipinski definition) is 1. The van der Waals surface area contributed by atoms with Crippen LogP contribution in [0.3, 0.4) is 0 Å². The maximum atomic E-state index is 13.7. The second-order valence-corrected chi connectivity index (χ2v) is 4.12. The highest BCUT2D eigenvalue weighted by Gasteiger charge is 2.28. The topological polar surface area (TPSA) is 55.6 Å². The molecule has 1 amide bonds. The summed E-state index contributed by atoms with van der Waals surface area (Å²) in [5.74, 6) is -0.654. The Morgan fingerprint density at radius 2 is 2.28 bits per heavy atom. The van der Waals surface area contributed by atoms with Crippen LogP contribution in [-0.2, 0) is 0 Å². The monoisotopic (exact) mass is 274 g/mol. The number of rotatable bonds is 2. The van der Waals surface area contributed by atoms with Gasteiger partial charge in [-0.3, -0.25) is 4.79 Å². The summed E-state index contributed by atoms with van der Waals surface area (Å²) >= 11 is 0. The zero-order chi connectivity index (χ0) is 12.4. The third-order valence-electron chi connectivity index (χ3n) is 2.92. The number of amides is 1. The molecular weight excluding hydrogens is 259 g/mol. The van der Waals surface area contributed by atoms with E-state index < -0.39 is 5.82 Å². The van der Waals surface area contributed by atoms with Crippen LogP contribution in [0.5, 0.6) is 5.75 Å². The third kappa shape index (κ3) is 2.73. The highest BCUT2D eigenvalue weighted by atomic mass is 35.5. The Kier molecular flexibility index (Phi) is 4.93. The molecule has 0 saturated carbocycles. The van der Waals surface area contributed by atoms with Crippen LogP contribution in [0.15, 0.2) is 18.2 Å². The third-order valence-corrected chi connectivity index (χ3v) is 2.92. The summed E-state index contributed by atoms with van der Waals surface area (Å²) in [6.45, 7) is 1.04. The molecule has 1 fully saturated rings. The van der Waals surface area contributed by atoms with Crippen LogP contribution in [0.25, 0.3) is 0 Å². The first kappa shape index (κ1) is 14.7. The molecule has 18 heavy (non-hydrogen) atoms. The van der Waals surface area contributed by atoms with E-state index in [4.69, 9.17) is 10.5 Å². The van der Waals surface area contributed by atoms with E-state index in [2.05, 4.69) is 0 Å². The molecule has 1 saturated heterocycles. The Labute approximate surface area is 111 Å². The first-order valence-electron chi connectivity index (χ1n) is 5.51. The minimum atomic E-state index is -0.560. The molecule has 1 aromatic rings. The molecule has 0 bridgehead atoms. The summed E-state index contributed by atoms with van der Waals surface area (Å²) < 4.78 is 18.7. The van der Waals surface area contributed by atoms with E-state index in [1.165, 1.54) is 19.2 Å². The number of carbonyl (C=O) groups is 1. The van der Waals surface area contributed by atoms with Gasteiger partial charge in [0.2, 0.25) is 0 Å². The van der Waals surface area contributed by atoms with Crippen molar-refractivity contribution in [3.63, 3.8) is 0 Å². The Bertz CT molecular complexity index is 442. The summed E-state index contributed by atoms with van der Waals surface area (Å²) in [6.07, 6.45) is 0.752. The summed E-state index contributed by atoms with van der Waals surface area (Å²) in [7, 11) is 1.42. The van der Waals surface area contributed by atoms with Gasteiger partial charge in [0.05, 0.1) is 7.11 Å². The molecule has 1 aliphatic heterocycles. The molecule has 100 valence electrons. The normalized spacial score (nSPS) is 18.4. The number of ether oxygens (including phenoxy) is 1. The Morgan fingerprint density at radius 3 is 2.83 bits per heavy atom. The maximum absolute atomic E-state index is 13.7. The number of halogens is 2. The van der Waals surface area contributed by atoms with Gasteiger partial charge in [0, 0.05) is 19.1 Å². The largest absolute Gasteiger partial charge is 0.496 e. The lowest BCUT2D eigenvalue weighted by Gasteiger charge is -2.17. The Morgan fingerprint density at radius 1 is 1.56 bits per heavy atom. The van der Waals surface area contributed by atoms with Gasteiger partial charge >= 0.3 is 0 Å². The molecular formula is C12H16ClFN2O2. The van der Waals surface area contributed by atoms with Crippen LogP contribution in [0.1, 0.15) is 16.8 Å². The number of benzene rings is 1. The number of methoxy groups -OCH3 is 1. The van der Waals surface area contributed by atoms with Gasteiger partial charge in [-0.2, -0.15) is 0 Å². The van der Waals surface area contributed by atoms with Crippen molar-refractivity contribution in [3.05, 3.63) is 29.6 Å². The van der Waals surface area contributed by atoms with Gasteiger partial charge in [-0.05, 0) is 18.6 Å². The first-order chi connectivity index (χ1) is 8.13. The van der Waals surface area contributed by atoms with Crippen molar-refractivity contribution in [3.8, 4) is 5.75 Å². The molecule has 1 aromatic carbocycles. The Balaban J connectivity index is 0.00000162. The van der Waals surface area contributed by atoms with E-state index in [0.29, 0.717) is 13.1 Å². The molecule has 2 rings (SSSR count). The molecule has 1 atom stereocenters. The van der Waals surface area contributed by atoms with Crippen LogP contribution in [-0.4, -0.2) is 37.0 Å². The van der Waals surface area contributed by atoms with Gasteiger partial charge in [0.25, 0.3) is 5.91 Å². The van der Waals surface area contributed by atoms with Crippen LogP contribution < -0.4 is 10.5 Å². The van der Waals surface area contributed by atoms with E-state index in [-0.39, 0.29) is 35.7 Å². The van der Waals surface area contributed by atoms with Crippen molar-refractivity contribution >= 4 is 18.3 Å². The Hall–Kier alpha value is -1.33. The van der Waals surface area contributed by atoms with Gasteiger partial charge in [0.15, 0.2) is 0 Å². The molecule has 6 heteroatoms.